The van der Waals surface area contributed by atoms with Gasteiger partial charge in [0.05, 0.1) is 18.3 Å². The molecule has 33 heavy (non-hydrogen) atoms. The molecule has 0 bridgehead atoms. The van der Waals surface area contributed by atoms with Crippen LogP contribution in [0, 0.1) is 12.8 Å². The highest BCUT2D eigenvalue weighted by Gasteiger charge is 2.33. The summed E-state index contributed by atoms with van der Waals surface area (Å²) in [6.07, 6.45) is 2.06. The lowest BCUT2D eigenvalue weighted by Gasteiger charge is -2.35. The van der Waals surface area contributed by atoms with Crippen LogP contribution >= 0.6 is 0 Å². The Kier molecular flexibility index (Phi) is 5.75. The number of ether oxygens (including phenoxy) is 1. The summed E-state index contributed by atoms with van der Waals surface area (Å²) in [5.74, 6) is 1.26. The zero-order chi connectivity index (χ0) is 22.9. The van der Waals surface area contributed by atoms with E-state index in [-0.39, 0.29) is 23.8 Å². The standard InChI is InChI=1S/C27H29N3O3/c1-18-15-22(16-18)33-27(32)29-14-13-23-24(17-29)28-19(2)30(26(23)31)25(20-9-5-3-6-10-20)21-11-7-4-8-12-21/h3-12,18,22,25H,13-17H2,1-2H3. The molecule has 2 aliphatic rings. The van der Waals surface area contributed by atoms with Gasteiger partial charge in [-0.1, -0.05) is 67.6 Å². The van der Waals surface area contributed by atoms with Gasteiger partial charge in [-0.3, -0.25) is 9.36 Å². The van der Waals surface area contributed by atoms with Crippen molar-refractivity contribution in [2.45, 2.75) is 51.8 Å². The maximum absolute atomic E-state index is 13.8. The van der Waals surface area contributed by atoms with Gasteiger partial charge >= 0.3 is 6.09 Å². The van der Waals surface area contributed by atoms with Gasteiger partial charge in [0.15, 0.2) is 0 Å². The molecule has 3 aromatic rings. The monoisotopic (exact) mass is 443 g/mol. The third-order valence-corrected chi connectivity index (χ3v) is 6.79. The normalized spacial score (nSPS) is 19.7. The molecule has 0 radical (unpaired) electrons. The molecule has 1 amide bonds. The van der Waals surface area contributed by atoms with Crippen LogP contribution in [0.4, 0.5) is 4.79 Å². The molecule has 0 spiro atoms. The van der Waals surface area contributed by atoms with Crippen molar-refractivity contribution in [1.29, 1.82) is 0 Å². The third-order valence-electron chi connectivity index (χ3n) is 6.79. The van der Waals surface area contributed by atoms with Crippen LogP contribution in [0.2, 0.25) is 0 Å². The number of hydrogen-bond acceptors (Lipinski definition) is 4. The van der Waals surface area contributed by atoms with Crippen molar-refractivity contribution >= 4 is 6.09 Å². The second-order valence-corrected chi connectivity index (χ2v) is 9.24. The van der Waals surface area contributed by atoms with Crippen molar-refractivity contribution in [3.8, 4) is 0 Å². The first-order chi connectivity index (χ1) is 16.0. The van der Waals surface area contributed by atoms with Crippen LogP contribution in [-0.2, 0) is 17.7 Å². The number of fused-ring (bicyclic) bond motifs is 1. The van der Waals surface area contributed by atoms with E-state index in [1.165, 1.54) is 0 Å². The zero-order valence-electron chi connectivity index (χ0n) is 19.1. The Labute approximate surface area is 193 Å². The molecule has 6 nitrogen and oxygen atoms in total. The highest BCUT2D eigenvalue weighted by molar-refractivity contribution is 5.68. The van der Waals surface area contributed by atoms with Crippen molar-refractivity contribution in [1.82, 2.24) is 14.5 Å². The summed E-state index contributed by atoms with van der Waals surface area (Å²) in [6, 6.07) is 19.8. The van der Waals surface area contributed by atoms with Gasteiger partial charge in [0.25, 0.3) is 5.56 Å². The van der Waals surface area contributed by atoms with Gasteiger partial charge in [0.2, 0.25) is 0 Å². The minimum absolute atomic E-state index is 0.0223. The second-order valence-electron chi connectivity index (χ2n) is 9.24. The molecule has 1 aliphatic carbocycles. The lowest BCUT2D eigenvalue weighted by Crippen LogP contribution is -2.44. The maximum Gasteiger partial charge on any atom is 0.410 e. The topological polar surface area (TPSA) is 64.4 Å². The molecule has 6 heteroatoms. The molecule has 1 aliphatic heterocycles. The van der Waals surface area contributed by atoms with E-state index in [1.54, 1.807) is 9.47 Å². The minimum atomic E-state index is -0.298. The molecule has 0 unspecified atom stereocenters. The summed E-state index contributed by atoms with van der Waals surface area (Å²) in [6.45, 7) is 4.81. The lowest BCUT2D eigenvalue weighted by atomic mass is 9.84. The Morgan fingerprint density at radius 1 is 1.03 bits per heavy atom. The first-order valence-electron chi connectivity index (χ1n) is 11.7. The molecular formula is C27H29N3O3. The molecule has 170 valence electrons. The summed E-state index contributed by atoms with van der Waals surface area (Å²) in [7, 11) is 0. The van der Waals surface area contributed by atoms with Crippen LogP contribution in [0.1, 0.15) is 54.0 Å². The van der Waals surface area contributed by atoms with Gasteiger partial charge in [-0.2, -0.15) is 0 Å². The van der Waals surface area contributed by atoms with Crippen LogP contribution < -0.4 is 5.56 Å². The summed E-state index contributed by atoms with van der Waals surface area (Å²) >= 11 is 0. The molecule has 2 heterocycles. The average molecular weight is 444 g/mol. The molecule has 1 fully saturated rings. The number of benzene rings is 2. The molecule has 0 atom stereocenters. The largest absolute Gasteiger partial charge is 0.446 e. The van der Waals surface area contributed by atoms with Crippen molar-refractivity contribution in [3.05, 3.63) is 99.2 Å². The van der Waals surface area contributed by atoms with Crippen LogP contribution in [0.15, 0.2) is 65.5 Å². The molecule has 5 rings (SSSR count). The summed E-state index contributed by atoms with van der Waals surface area (Å²) in [5.41, 5.74) is 3.41. The predicted molar refractivity (Wildman–Crippen MR) is 126 cm³/mol. The molecule has 0 N–H and O–H groups in total. The third kappa shape index (κ3) is 4.17. The van der Waals surface area contributed by atoms with Gasteiger partial charge < -0.3 is 9.64 Å². The first kappa shape index (κ1) is 21.4. The first-order valence-corrected chi connectivity index (χ1v) is 11.7. The van der Waals surface area contributed by atoms with Gasteiger partial charge in [-0.05, 0) is 43.2 Å². The fourth-order valence-electron chi connectivity index (χ4n) is 4.98. The summed E-state index contributed by atoms with van der Waals surface area (Å²) in [4.78, 5) is 32.9. The fraction of sp³-hybridized carbons (Fsp3) is 0.370. The highest BCUT2D eigenvalue weighted by atomic mass is 16.6. The number of carbonyl (C=O) groups is 1. The number of nitrogens with zero attached hydrogens (tertiary/aromatic N) is 3. The predicted octanol–water partition coefficient (Wildman–Crippen LogP) is 4.48. The number of aryl methyl sites for hydroxylation is 1. The van der Waals surface area contributed by atoms with E-state index in [9.17, 15) is 9.59 Å². The van der Waals surface area contributed by atoms with Crippen molar-refractivity contribution in [3.63, 3.8) is 0 Å². The quantitative estimate of drug-likeness (QED) is 0.596. The van der Waals surface area contributed by atoms with E-state index in [2.05, 4.69) is 6.92 Å². The van der Waals surface area contributed by atoms with Crippen LogP contribution in [-0.4, -0.2) is 33.2 Å². The van der Waals surface area contributed by atoms with Crippen molar-refractivity contribution in [2.75, 3.05) is 6.54 Å². The fourth-order valence-corrected chi connectivity index (χ4v) is 4.98. The maximum atomic E-state index is 13.8. The molecule has 1 aromatic heterocycles. The average Bonchev–Trinajstić information content (AvgIpc) is 2.81. The summed E-state index contributed by atoms with van der Waals surface area (Å²) in [5, 5.41) is 0. The van der Waals surface area contributed by atoms with Gasteiger partial charge in [0.1, 0.15) is 11.9 Å². The Balaban J connectivity index is 1.48. The lowest BCUT2D eigenvalue weighted by molar-refractivity contribution is 0.00103. The van der Waals surface area contributed by atoms with E-state index in [0.717, 1.165) is 24.0 Å². The molecule has 0 saturated heterocycles. The van der Waals surface area contributed by atoms with Crippen molar-refractivity contribution in [2.24, 2.45) is 5.92 Å². The number of carbonyl (C=O) groups excluding carboxylic acids is 1. The summed E-state index contributed by atoms with van der Waals surface area (Å²) < 4.78 is 7.42. The minimum Gasteiger partial charge on any atom is -0.446 e. The number of aromatic nitrogens is 2. The molecule has 2 aromatic carbocycles. The van der Waals surface area contributed by atoms with Crippen molar-refractivity contribution < 1.29 is 9.53 Å². The number of rotatable bonds is 4. The Morgan fingerprint density at radius 3 is 2.21 bits per heavy atom. The van der Waals surface area contributed by atoms with E-state index < -0.39 is 0 Å². The van der Waals surface area contributed by atoms with Crippen LogP contribution in [0.3, 0.4) is 0 Å². The Bertz CT molecular complexity index is 1160. The second kappa shape index (κ2) is 8.85. The van der Waals surface area contributed by atoms with E-state index >= 15 is 0 Å². The molecular weight excluding hydrogens is 414 g/mol. The van der Waals surface area contributed by atoms with Gasteiger partial charge in [-0.15, -0.1) is 0 Å². The van der Waals surface area contributed by atoms with E-state index in [4.69, 9.17) is 9.72 Å². The van der Waals surface area contributed by atoms with Crippen LogP contribution in [0.25, 0.3) is 0 Å². The van der Waals surface area contributed by atoms with Gasteiger partial charge in [-0.25, -0.2) is 9.78 Å². The smallest absolute Gasteiger partial charge is 0.410 e. The van der Waals surface area contributed by atoms with E-state index in [1.807, 2.05) is 67.6 Å². The zero-order valence-corrected chi connectivity index (χ0v) is 19.1. The number of hydrogen-bond donors (Lipinski definition) is 0. The van der Waals surface area contributed by atoms with E-state index in [0.29, 0.717) is 42.5 Å². The molecule has 1 saturated carbocycles. The Morgan fingerprint density at radius 2 is 1.64 bits per heavy atom. The highest BCUT2D eigenvalue weighted by Crippen LogP contribution is 2.31. The number of amides is 1. The SMILES string of the molecule is Cc1nc2c(c(=O)n1C(c1ccccc1)c1ccccc1)CCN(C(=O)OC1CC(C)C1)C2. The van der Waals surface area contributed by atoms with Gasteiger partial charge in [0, 0.05) is 12.1 Å². The van der Waals surface area contributed by atoms with Crippen LogP contribution in [0.5, 0.6) is 0 Å². The Hall–Kier alpha value is -3.41.